The van der Waals surface area contributed by atoms with Crippen molar-refractivity contribution in [2.75, 3.05) is 18.4 Å². The first-order valence-corrected chi connectivity index (χ1v) is 10.8. The van der Waals surface area contributed by atoms with Gasteiger partial charge in [0.15, 0.2) is 5.13 Å². The molecule has 1 N–H and O–H groups in total. The van der Waals surface area contributed by atoms with Crippen molar-refractivity contribution in [3.63, 3.8) is 0 Å². The molecule has 1 heterocycles. The Morgan fingerprint density at radius 3 is 2.40 bits per heavy atom. The number of thiazole rings is 1. The molecule has 0 saturated carbocycles. The Balaban J connectivity index is 2.32. The molecule has 1 aromatic heterocycles. The second-order valence-electron chi connectivity index (χ2n) is 5.74. The van der Waals surface area contributed by atoms with Crippen molar-refractivity contribution < 1.29 is 13.2 Å². The standard InChI is InChI=1S/C17H25N3O3S2/c1-5-12(6-2)16(21)19-17-18-14-10-9-13(11-15(14)24-17)25(22,23)20(7-3)8-4/h9-12H,5-8H2,1-4H3,(H,18,19,21). The molecular weight excluding hydrogens is 358 g/mol. The van der Waals surface area contributed by atoms with Crippen LogP contribution in [0.3, 0.4) is 0 Å². The molecule has 0 aliphatic heterocycles. The number of fused-ring (bicyclic) bond motifs is 1. The summed E-state index contributed by atoms with van der Waals surface area (Å²) in [7, 11) is -3.50. The van der Waals surface area contributed by atoms with Gasteiger partial charge in [-0.2, -0.15) is 4.31 Å². The van der Waals surface area contributed by atoms with Crippen LogP contribution in [0.25, 0.3) is 10.2 Å². The normalized spacial score (nSPS) is 12.2. The van der Waals surface area contributed by atoms with Gasteiger partial charge in [0.05, 0.1) is 15.1 Å². The van der Waals surface area contributed by atoms with Crippen LogP contribution in [0.15, 0.2) is 23.1 Å². The van der Waals surface area contributed by atoms with E-state index in [0.717, 1.165) is 17.5 Å². The lowest BCUT2D eigenvalue weighted by Crippen LogP contribution is -2.30. The van der Waals surface area contributed by atoms with E-state index in [2.05, 4.69) is 10.3 Å². The number of aromatic nitrogens is 1. The molecule has 0 spiro atoms. The average molecular weight is 384 g/mol. The average Bonchev–Trinajstić information content (AvgIpc) is 2.98. The van der Waals surface area contributed by atoms with Crippen molar-refractivity contribution in [1.29, 1.82) is 0 Å². The Morgan fingerprint density at radius 2 is 1.84 bits per heavy atom. The number of nitrogens with zero attached hydrogens (tertiary/aromatic N) is 2. The number of nitrogens with one attached hydrogen (secondary N) is 1. The molecule has 6 nitrogen and oxygen atoms in total. The number of benzene rings is 1. The van der Waals surface area contributed by atoms with Gasteiger partial charge in [-0.1, -0.05) is 39.0 Å². The highest BCUT2D eigenvalue weighted by Gasteiger charge is 2.22. The summed E-state index contributed by atoms with van der Waals surface area (Å²) in [5.74, 6) is -0.0781. The quantitative estimate of drug-likeness (QED) is 0.754. The monoisotopic (exact) mass is 383 g/mol. The molecule has 2 rings (SSSR count). The minimum absolute atomic E-state index is 0.0365. The Labute approximate surface area is 153 Å². The van der Waals surface area contributed by atoms with Crippen LogP contribution in [-0.2, 0) is 14.8 Å². The van der Waals surface area contributed by atoms with Gasteiger partial charge in [-0.15, -0.1) is 0 Å². The molecule has 0 bridgehead atoms. The van der Waals surface area contributed by atoms with Gasteiger partial charge in [0.2, 0.25) is 15.9 Å². The highest BCUT2D eigenvalue weighted by molar-refractivity contribution is 7.89. The molecular formula is C17H25N3O3S2. The summed E-state index contributed by atoms with van der Waals surface area (Å²) in [5.41, 5.74) is 0.684. The summed E-state index contributed by atoms with van der Waals surface area (Å²) in [5, 5.41) is 3.35. The molecule has 8 heteroatoms. The summed E-state index contributed by atoms with van der Waals surface area (Å²) in [6, 6.07) is 4.89. The SMILES string of the molecule is CCC(CC)C(=O)Nc1nc2ccc(S(=O)(=O)N(CC)CC)cc2s1. The van der Waals surface area contributed by atoms with Crippen molar-refractivity contribution in [2.24, 2.45) is 5.92 Å². The van der Waals surface area contributed by atoms with Crippen molar-refractivity contribution in [3.05, 3.63) is 18.2 Å². The molecule has 138 valence electrons. The van der Waals surface area contributed by atoms with E-state index in [1.54, 1.807) is 18.2 Å². The van der Waals surface area contributed by atoms with Crippen LogP contribution < -0.4 is 5.32 Å². The molecule has 0 aliphatic carbocycles. The molecule has 1 aromatic carbocycles. The lowest BCUT2D eigenvalue weighted by molar-refractivity contribution is -0.120. The van der Waals surface area contributed by atoms with E-state index < -0.39 is 10.0 Å². The number of hydrogen-bond acceptors (Lipinski definition) is 5. The third kappa shape index (κ3) is 4.19. The molecule has 0 unspecified atom stereocenters. The Kier molecular flexibility index (Phi) is 6.53. The Bertz CT molecular complexity index is 838. The zero-order chi connectivity index (χ0) is 18.6. The molecule has 0 atom stereocenters. The second kappa shape index (κ2) is 8.25. The van der Waals surface area contributed by atoms with Crippen molar-refractivity contribution in [2.45, 2.75) is 45.4 Å². The Morgan fingerprint density at radius 1 is 1.20 bits per heavy atom. The third-order valence-corrected chi connectivity index (χ3v) is 7.27. The third-order valence-electron chi connectivity index (χ3n) is 4.29. The summed E-state index contributed by atoms with van der Waals surface area (Å²) >= 11 is 1.30. The minimum Gasteiger partial charge on any atom is -0.302 e. The molecule has 2 aromatic rings. The zero-order valence-electron chi connectivity index (χ0n) is 15.1. The van der Waals surface area contributed by atoms with Crippen LogP contribution in [0, 0.1) is 5.92 Å². The number of amides is 1. The van der Waals surface area contributed by atoms with Crippen LogP contribution in [0.1, 0.15) is 40.5 Å². The van der Waals surface area contributed by atoms with Gasteiger partial charge in [0.25, 0.3) is 0 Å². The number of hydrogen-bond donors (Lipinski definition) is 1. The minimum atomic E-state index is -3.50. The fraction of sp³-hybridized carbons (Fsp3) is 0.529. The highest BCUT2D eigenvalue weighted by Crippen LogP contribution is 2.29. The molecule has 0 aliphatic rings. The summed E-state index contributed by atoms with van der Waals surface area (Å²) < 4.78 is 27.4. The second-order valence-corrected chi connectivity index (χ2v) is 8.71. The number of carbonyl (C=O) groups excluding carboxylic acids is 1. The molecule has 25 heavy (non-hydrogen) atoms. The van der Waals surface area contributed by atoms with E-state index in [1.165, 1.54) is 15.6 Å². The van der Waals surface area contributed by atoms with E-state index in [0.29, 0.717) is 23.7 Å². The van der Waals surface area contributed by atoms with E-state index in [4.69, 9.17) is 0 Å². The highest BCUT2D eigenvalue weighted by atomic mass is 32.2. The van der Waals surface area contributed by atoms with Crippen molar-refractivity contribution >= 4 is 42.6 Å². The maximum atomic E-state index is 12.6. The van der Waals surface area contributed by atoms with E-state index in [1.807, 2.05) is 27.7 Å². The van der Waals surface area contributed by atoms with Gasteiger partial charge >= 0.3 is 0 Å². The maximum Gasteiger partial charge on any atom is 0.243 e. The summed E-state index contributed by atoms with van der Waals surface area (Å²) in [6.45, 7) is 8.45. The van der Waals surface area contributed by atoms with Crippen LogP contribution in [0.5, 0.6) is 0 Å². The first-order valence-electron chi connectivity index (χ1n) is 8.58. The molecule has 0 fully saturated rings. The van der Waals surface area contributed by atoms with Crippen LogP contribution in [-0.4, -0.2) is 36.7 Å². The van der Waals surface area contributed by atoms with Gasteiger partial charge in [0.1, 0.15) is 0 Å². The first-order chi connectivity index (χ1) is 11.9. The predicted octanol–water partition coefficient (Wildman–Crippen LogP) is 3.70. The summed E-state index contributed by atoms with van der Waals surface area (Å²) in [6.07, 6.45) is 1.55. The maximum absolute atomic E-state index is 12.6. The number of anilines is 1. The zero-order valence-corrected chi connectivity index (χ0v) is 16.7. The lowest BCUT2D eigenvalue weighted by atomic mass is 10.0. The smallest absolute Gasteiger partial charge is 0.243 e. The van der Waals surface area contributed by atoms with Gasteiger partial charge in [-0.05, 0) is 31.0 Å². The fourth-order valence-corrected chi connectivity index (χ4v) is 5.17. The largest absolute Gasteiger partial charge is 0.302 e. The van der Waals surface area contributed by atoms with Gasteiger partial charge < -0.3 is 5.32 Å². The van der Waals surface area contributed by atoms with Crippen LogP contribution in [0.2, 0.25) is 0 Å². The van der Waals surface area contributed by atoms with Crippen LogP contribution in [0.4, 0.5) is 5.13 Å². The number of carbonyl (C=O) groups is 1. The van der Waals surface area contributed by atoms with Crippen molar-refractivity contribution in [3.8, 4) is 0 Å². The number of sulfonamides is 1. The first kappa shape index (κ1) is 19.8. The Hall–Kier alpha value is -1.51. The summed E-state index contributed by atoms with van der Waals surface area (Å²) in [4.78, 5) is 16.8. The van der Waals surface area contributed by atoms with Crippen molar-refractivity contribution in [1.82, 2.24) is 9.29 Å². The molecule has 0 saturated heterocycles. The van der Waals surface area contributed by atoms with E-state index in [-0.39, 0.29) is 16.7 Å². The van der Waals surface area contributed by atoms with E-state index >= 15 is 0 Å². The molecule has 1 amide bonds. The predicted molar refractivity (Wildman–Crippen MR) is 102 cm³/mol. The van der Waals surface area contributed by atoms with E-state index in [9.17, 15) is 13.2 Å². The lowest BCUT2D eigenvalue weighted by Gasteiger charge is -2.18. The van der Waals surface area contributed by atoms with Crippen LogP contribution >= 0.6 is 11.3 Å². The molecule has 0 radical (unpaired) electrons. The van der Waals surface area contributed by atoms with Gasteiger partial charge in [-0.25, -0.2) is 13.4 Å². The van der Waals surface area contributed by atoms with Gasteiger partial charge in [-0.3, -0.25) is 4.79 Å². The number of rotatable bonds is 8. The topological polar surface area (TPSA) is 79.4 Å². The van der Waals surface area contributed by atoms with Gasteiger partial charge in [0, 0.05) is 19.0 Å². The fourth-order valence-electron chi connectivity index (χ4n) is 2.70.